The first kappa shape index (κ1) is 24.2. The summed E-state index contributed by atoms with van der Waals surface area (Å²) in [6.07, 6.45) is 0.322. The maximum Gasteiger partial charge on any atom is 0.249 e. The molecule has 0 aliphatic heterocycles. The Morgan fingerprint density at radius 2 is 1.55 bits per heavy atom. The fourth-order valence-corrected chi connectivity index (χ4v) is 3.25. The highest BCUT2D eigenvalue weighted by Crippen LogP contribution is 2.12. The number of carbonyl (C=O) groups excluding carboxylic acids is 2. The van der Waals surface area contributed by atoms with E-state index in [2.05, 4.69) is 15.6 Å². The quantitative estimate of drug-likeness (QED) is 0.383. The van der Waals surface area contributed by atoms with Gasteiger partial charge in [-0.15, -0.1) is 0 Å². The zero-order valence-corrected chi connectivity index (χ0v) is 18.4. The van der Waals surface area contributed by atoms with Gasteiger partial charge in [0.15, 0.2) is 0 Å². The number of amides is 2. The van der Waals surface area contributed by atoms with Crippen LogP contribution in [-0.2, 0) is 29.0 Å². The number of nitrogens with one attached hydrogen (secondary N) is 2. The summed E-state index contributed by atoms with van der Waals surface area (Å²) in [4.78, 5) is 29.5. The minimum absolute atomic E-state index is 0.0154. The summed E-state index contributed by atoms with van der Waals surface area (Å²) in [5.74, 6) is -1.17. The second-order valence-corrected chi connectivity index (χ2v) is 7.98. The van der Waals surface area contributed by atoms with Gasteiger partial charge in [-0.3, -0.25) is 9.59 Å². The van der Waals surface area contributed by atoms with Crippen LogP contribution in [0.2, 0.25) is 5.02 Å². The zero-order chi connectivity index (χ0) is 23.8. The molecule has 2 amide bonds. The van der Waals surface area contributed by atoms with Crippen LogP contribution in [0.4, 0.5) is 10.2 Å². The average Bonchev–Trinajstić information content (AvgIpc) is 2.80. The van der Waals surface area contributed by atoms with Gasteiger partial charge in [0.1, 0.15) is 23.8 Å². The number of benzene rings is 2. The van der Waals surface area contributed by atoms with Crippen molar-refractivity contribution in [3.63, 3.8) is 0 Å². The van der Waals surface area contributed by atoms with Gasteiger partial charge >= 0.3 is 0 Å². The lowest BCUT2D eigenvalue weighted by Crippen LogP contribution is -2.51. The van der Waals surface area contributed by atoms with Gasteiger partial charge in [0.2, 0.25) is 11.8 Å². The van der Waals surface area contributed by atoms with Crippen LogP contribution in [0, 0.1) is 5.82 Å². The number of rotatable bonds is 9. The largest absolute Gasteiger partial charge is 0.384 e. The number of aliphatic hydroxyl groups is 1. The number of anilines is 1. The number of nitrogen functional groups attached to an aromatic ring is 1. The van der Waals surface area contributed by atoms with Crippen molar-refractivity contribution in [2.24, 2.45) is 0 Å². The van der Waals surface area contributed by atoms with Crippen molar-refractivity contribution >= 4 is 29.2 Å². The molecule has 3 rings (SSSR count). The molecule has 0 radical (unpaired) electrons. The molecule has 1 heterocycles. The van der Waals surface area contributed by atoms with Gasteiger partial charge in [0.05, 0.1) is 0 Å². The van der Waals surface area contributed by atoms with E-state index < -0.39 is 29.8 Å². The highest BCUT2D eigenvalue weighted by Gasteiger charge is 2.25. The lowest BCUT2D eigenvalue weighted by molar-refractivity contribution is -0.134. The molecule has 5 N–H and O–H groups in total. The van der Waals surface area contributed by atoms with E-state index in [0.717, 1.165) is 11.1 Å². The van der Waals surface area contributed by atoms with Gasteiger partial charge in [-0.1, -0.05) is 41.9 Å². The molecule has 0 bridgehead atoms. The molecule has 0 aliphatic carbocycles. The van der Waals surface area contributed by atoms with E-state index in [1.54, 1.807) is 42.6 Å². The van der Waals surface area contributed by atoms with Crippen molar-refractivity contribution in [1.82, 2.24) is 15.6 Å². The summed E-state index contributed by atoms with van der Waals surface area (Å²) in [5, 5.41) is 16.3. The Balaban J connectivity index is 1.67. The van der Waals surface area contributed by atoms with Gasteiger partial charge in [0.25, 0.3) is 0 Å². The molecule has 1 aromatic heterocycles. The van der Waals surface area contributed by atoms with Crippen LogP contribution in [0.15, 0.2) is 66.9 Å². The molecule has 0 spiro atoms. The molecule has 0 aliphatic rings. The van der Waals surface area contributed by atoms with Crippen molar-refractivity contribution in [1.29, 1.82) is 0 Å². The highest BCUT2D eigenvalue weighted by molar-refractivity contribution is 6.30. The third kappa shape index (κ3) is 7.55. The highest BCUT2D eigenvalue weighted by atomic mass is 35.5. The van der Waals surface area contributed by atoms with Crippen LogP contribution < -0.4 is 16.4 Å². The van der Waals surface area contributed by atoms with Crippen LogP contribution >= 0.6 is 11.6 Å². The summed E-state index contributed by atoms with van der Waals surface area (Å²) in [5.41, 5.74) is 7.69. The Kier molecular flexibility index (Phi) is 8.34. The number of halogens is 2. The number of aliphatic hydroxyl groups excluding tert-OH is 1. The van der Waals surface area contributed by atoms with Crippen molar-refractivity contribution in [3.05, 3.63) is 94.4 Å². The van der Waals surface area contributed by atoms with Crippen LogP contribution in [0.5, 0.6) is 0 Å². The molecule has 172 valence electrons. The minimum Gasteiger partial charge on any atom is -0.384 e. The number of nitrogens with zero attached hydrogens (tertiary/aromatic N) is 1. The summed E-state index contributed by atoms with van der Waals surface area (Å²) in [6, 6.07) is 14.8. The first-order valence-electron chi connectivity index (χ1n) is 10.3. The number of aromatic nitrogens is 1. The molecule has 0 fully saturated rings. The topological polar surface area (TPSA) is 117 Å². The van der Waals surface area contributed by atoms with Gasteiger partial charge in [-0.25, -0.2) is 9.37 Å². The Morgan fingerprint density at radius 1 is 0.939 bits per heavy atom. The summed E-state index contributed by atoms with van der Waals surface area (Å²) < 4.78 is 13.1. The third-order valence-electron chi connectivity index (χ3n) is 4.95. The summed E-state index contributed by atoms with van der Waals surface area (Å²) in [7, 11) is 0. The Morgan fingerprint density at radius 3 is 2.18 bits per heavy atom. The van der Waals surface area contributed by atoms with Crippen molar-refractivity contribution in [2.75, 3.05) is 5.73 Å². The van der Waals surface area contributed by atoms with E-state index in [9.17, 15) is 19.1 Å². The molecule has 3 aromatic rings. The Labute approximate surface area is 195 Å². The molecule has 1 unspecified atom stereocenters. The Bertz CT molecular complexity index is 1080. The van der Waals surface area contributed by atoms with Gasteiger partial charge in [-0.05, 0) is 47.0 Å². The second kappa shape index (κ2) is 11.4. The van der Waals surface area contributed by atoms with Gasteiger partial charge in [-0.2, -0.15) is 0 Å². The van der Waals surface area contributed by atoms with Crippen molar-refractivity contribution < 1.29 is 19.1 Å². The molecule has 33 heavy (non-hydrogen) atoms. The van der Waals surface area contributed by atoms with E-state index in [-0.39, 0.29) is 19.4 Å². The molecule has 7 nitrogen and oxygen atoms in total. The second-order valence-electron chi connectivity index (χ2n) is 7.55. The van der Waals surface area contributed by atoms with E-state index in [1.165, 1.54) is 24.3 Å². The molecule has 9 heteroatoms. The summed E-state index contributed by atoms with van der Waals surface area (Å²) in [6.45, 7) is 0.192. The first-order chi connectivity index (χ1) is 15.8. The van der Waals surface area contributed by atoms with Crippen LogP contribution in [0.3, 0.4) is 0 Å². The fourth-order valence-electron chi connectivity index (χ4n) is 3.12. The van der Waals surface area contributed by atoms with Crippen molar-refractivity contribution in [2.45, 2.75) is 31.5 Å². The predicted octanol–water partition coefficient (Wildman–Crippen LogP) is 2.40. The number of hydrogen-bond donors (Lipinski definition) is 4. The van der Waals surface area contributed by atoms with Crippen LogP contribution in [0.25, 0.3) is 0 Å². The molecular weight excluding hydrogens is 447 g/mol. The average molecular weight is 471 g/mol. The minimum atomic E-state index is -1.41. The SMILES string of the molecule is Nc1ccc(CNC(=O)[C@H](Cc2ccc(Cl)cc2)NC(=O)C(O)Cc2ccc(F)cc2)cn1. The molecular formula is C24H24ClFN4O3. The smallest absolute Gasteiger partial charge is 0.249 e. The van der Waals surface area contributed by atoms with E-state index in [0.29, 0.717) is 16.4 Å². The predicted molar refractivity (Wildman–Crippen MR) is 124 cm³/mol. The normalized spacial score (nSPS) is 12.6. The van der Waals surface area contributed by atoms with Crippen LogP contribution in [-0.4, -0.2) is 34.1 Å². The lowest BCUT2D eigenvalue weighted by Gasteiger charge is -2.21. The first-order valence-corrected chi connectivity index (χ1v) is 10.6. The van der Waals surface area contributed by atoms with E-state index >= 15 is 0 Å². The number of nitrogens with two attached hydrogens (primary N) is 1. The molecule has 2 atom stereocenters. The van der Waals surface area contributed by atoms with E-state index in [1.807, 2.05) is 0 Å². The number of pyridine rings is 1. The standard InChI is InChI=1S/C24H24ClFN4O3/c25-18-6-1-15(2-7-18)11-20(23(32)29-14-17-5-10-22(27)28-13-17)30-24(33)21(31)12-16-3-8-19(26)9-4-16/h1-10,13,20-21,31H,11-12,14H2,(H2,27,28)(H,29,32)(H,30,33)/t20-,21?/m0/s1. The molecule has 0 saturated carbocycles. The van der Waals surface area contributed by atoms with Gasteiger partial charge in [0, 0.05) is 30.6 Å². The fraction of sp³-hybridized carbons (Fsp3) is 0.208. The van der Waals surface area contributed by atoms with Crippen LogP contribution in [0.1, 0.15) is 16.7 Å². The number of carbonyl (C=O) groups is 2. The van der Waals surface area contributed by atoms with Gasteiger partial charge < -0.3 is 21.5 Å². The summed E-state index contributed by atoms with van der Waals surface area (Å²) >= 11 is 5.93. The van der Waals surface area contributed by atoms with E-state index in [4.69, 9.17) is 17.3 Å². The maximum atomic E-state index is 13.1. The third-order valence-corrected chi connectivity index (χ3v) is 5.20. The Hall–Kier alpha value is -3.49. The molecule has 0 saturated heterocycles. The zero-order valence-electron chi connectivity index (χ0n) is 17.7. The maximum absolute atomic E-state index is 13.1. The molecule has 2 aromatic carbocycles. The monoisotopic (exact) mass is 470 g/mol. The number of hydrogen-bond acceptors (Lipinski definition) is 5. The lowest BCUT2D eigenvalue weighted by atomic mass is 10.0. The van der Waals surface area contributed by atoms with Crippen molar-refractivity contribution in [3.8, 4) is 0 Å².